The van der Waals surface area contributed by atoms with Crippen molar-refractivity contribution in [3.63, 3.8) is 0 Å². The quantitative estimate of drug-likeness (QED) is 0.561. The van der Waals surface area contributed by atoms with E-state index in [1.54, 1.807) is 6.07 Å². The summed E-state index contributed by atoms with van der Waals surface area (Å²) in [5.74, 6) is -5.85. The molecule has 3 rings (SSSR count). The fraction of sp³-hybridized carbons (Fsp3) is 0.333. The van der Waals surface area contributed by atoms with Crippen LogP contribution in [0.15, 0.2) is 41.3 Å². The van der Waals surface area contributed by atoms with Crippen molar-refractivity contribution in [1.29, 1.82) is 0 Å². The van der Waals surface area contributed by atoms with E-state index in [4.69, 9.17) is 0 Å². The van der Waals surface area contributed by atoms with Crippen LogP contribution in [-0.2, 0) is 19.6 Å². The number of carbonyl (C=O) groups is 2. The van der Waals surface area contributed by atoms with Gasteiger partial charge in [-0.25, -0.2) is 21.6 Å². The topological polar surface area (TPSA) is 98.8 Å². The molecule has 1 saturated heterocycles. The Hall–Kier alpha value is -2.96. The van der Waals surface area contributed by atoms with Crippen LogP contribution < -0.4 is 10.6 Å². The molecule has 1 heterocycles. The molecule has 1 fully saturated rings. The molecule has 178 valence electrons. The molecule has 33 heavy (non-hydrogen) atoms. The van der Waals surface area contributed by atoms with E-state index in [9.17, 15) is 31.2 Å². The van der Waals surface area contributed by atoms with Gasteiger partial charge in [-0.2, -0.15) is 4.31 Å². The van der Waals surface area contributed by atoms with Crippen LogP contribution in [0.3, 0.4) is 0 Å². The average Bonchev–Trinajstić information content (AvgIpc) is 3.30. The summed E-state index contributed by atoms with van der Waals surface area (Å²) in [6, 6.07) is 7.46. The molecule has 0 radical (unpaired) electrons. The number of hydrogen-bond acceptors (Lipinski definition) is 5. The number of nitrogens with one attached hydrogen (secondary N) is 2. The van der Waals surface area contributed by atoms with Gasteiger partial charge in [0.05, 0.1) is 23.7 Å². The van der Waals surface area contributed by atoms with Gasteiger partial charge >= 0.3 is 0 Å². The number of amides is 2. The third-order valence-corrected chi connectivity index (χ3v) is 6.85. The number of sulfonamides is 1. The number of benzene rings is 2. The van der Waals surface area contributed by atoms with Gasteiger partial charge in [-0.1, -0.05) is 6.07 Å². The fourth-order valence-electron chi connectivity index (χ4n) is 3.37. The summed E-state index contributed by atoms with van der Waals surface area (Å²) in [5, 5.41) is 4.69. The number of anilines is 2. The summed E-state index contributed by atoms with van der Waals surface area (Å²) in [7, 11) is -2.18. The molecule has 2 aromatic carbocycles. The van der Waals surface area contributed by atoms with Crippen LogP contribution in [0, 0.1) is 17.5 Å². The van der Waals surface area contributed by atoms with Crippen molar-refractivity contribution in [3.8, 4) is 0 Å². The predicted molar refractivity (Wildman–Crippen MR) is 116 cm³/mol. The fourth-order valence-corrected chi connectivity index (χ4v) is 4.93. The molecule has 8 nitrogen and oxygen atoms in total. The molecule has 2 N–H and O–H groups in total. The molecule has 0 bridgehead atoms. The number of carbonyl (C=O) groups excluding carboxylic acids is 2. The van der Waals surface area contributed by atoms with Crippen LogP contribution in [0.4, 0.5) is 24.5 Å². The second-order valence-corrected chi connectivity index (χ2v) is 9.57. The first-order valence-corrected chi connectivity index (χ1v) is 11.5. The average molecular weight is 485 g/mol. The molecule has 0 aromatic heterocycles. The van der Waals surface area contributed by atoms with Crippen LogP contribution in [0.25, 0.3) is 0 Å². The highest BCUT2D eigenvalue weighted by atomic mass is 32.2. The molecule has 2 amide bonds. The van der Waals surface area contributed by atoms with E-state index in [1.807, 2.05) is 0 Å². The lowest BCUT2D eigenvalue weighted by Crippen LogP contribution is -2.36. The number of rotatable bonds is 8. The lowest BCUT2D eigenvalue weighted by atomic mass is 10.2. The molecule has 0 saturated carbocycles. The van der Waals surface area contributed by atoms with E-state index in [2.05, 4.69) is 10.6 Å². The molecule has 12 heteroatoms. The Bertz CT molecular complexity index is 1150. The zero-order chi connectivity index (χ0) is 24.2. The number of hydrogen-bond donors (Lipinski definition) is 2. The molecule has 0 unspecified atom stereocenters. The minimum absolute atomic E-state index is 0.0727. The molecule has 2 aromatic rings. The van der Waals surface area contributed by atoms with E-state index < -0.39 is 45.0 Å². The summed E-state index contributed by atoms with van der Waals surface area (Å²) in [4.78, 5) is 25.8. The second kappa shape index (κ2) is 10.3. The van der Waals surface area contributed by atoms with Crippen molar-refractivity contribution in [3.05, 3.63) is 53.8 Å². The van der Waals surface area contributed by atoms with Gasteiger partial charge in [-0.05, 0) is 50.2 Å². The van der Waals surface area contributed by atoms with Crippen molar-refractivity contribution < 1.29 is 31.2 Å². The van der Waals surface area contributed by atoms with Gasteiger partial charge in [0.2, 0.25) is 21.8 Å². The monoisotopic (exact) mass is 484 g/mol. The van der Waals surface area contributed by atoms with Gasteiger partial charge in [-0.15, -0.1) is 0 Å². The highest BCUT2D eigenvalue weighted by Gasteiger charge is 2.27. The maximum Gasteiger partial charge on any atom is 0.243 e. The maximum atomic E-state index is 13.7. The smallest absolute Gasteiger partial charge is 0.243 e. The standard InChI is InChI=1S/C21H23F3N4O4S/c1-27(13-19(30)26-17-8-7-16(22)20(23)21(17)24)12-18(29)25-14-5-4-6-15(11-14)33(31,32)28-9-2-3-10-28/h4-8,11H,2-3,9-10,12-13H2,1H3,(H,25,29)(H,26,30). The van der Waals surface area contributed by atoms with E-state index in [-0.39, 0.29) is 23.7 Å². The molecule has 1 aliphatic rings. The van der Waals surface area contributed by atoms with Crippen LogP contribution in [0.2, 0.25) is 0 Å². The normalized spacial score (nSPS) is 14.5. The van der Waals surface area contributed by atoms with Gasteiger partial charge in [0, 0.05) is 18.8 Å². The van der Waals surface area contributed by atoms with Crippen LogP contribution in [0.5, 0.6) is 0 Å². The summed E-state index contributed by atoms with van der Waals surface area (Å²) in [6.45, 7) is 0.340. The number of likely N-dealkylation sites (N-methyl/N-ethyl adjacent to an activating group) is 1. The van der Waals surface area contributed by atoms with E-state index in [0.717, 1.165) is 18.9 Å². The van der Waals surface area contributed by atoms with Crippen LogP contribution >= 0.6 is 0 Å². The maximum absolute atomic E-state index is 13.7. The highest BCUT2D eigenvalue weighted by molar-refractivity contribution is 7.89. The SMILES string of the molecule is CN(CC(=O)Nc1cccc(S(=O)(=O)N2CCCC2)c1)CC(=O)Nc1ccc(F)c(F)c1F. The third kappa shape index (κ3) is 6.09. The summed E-state index contributed by atoms with van der Waals surface area (Å²) >= 11 is 0. The summed E-state index contributed by atoms with van der Waals surface area (Å²) < 4.78 is 66.7. The van der Waals surface area contributed by atoms with Crippen LogP contribution in [-0.4, -0.2) is 62.7 Å². The van der Waals surface area contributed by atoms with Crippen molar-refractivity contribution in [1.82, 2.24) is 9.21 Å². The Morgan fingerprint density at radius 2 is 1.61 bits per heavy atom. The van der Waals surface area contributed by atoms with E-state index in [1.165, 1.54) is 34.5 Å². The zero-order valence-corrected chi connectivity index (χ0v) is 18.6. The van der Waals surface area contributed by atoms with Crippen molar-refractivity contribution >= 4 is 33.2 Å². The minimum atomic E-state index is -3.64. The van der Waals surface area contributed by atoms with Gasteiger partial charge in [0.1, 0.15) is 0 Å². The van der Waals surface area contributed by atoms with Gasteiger partial charge in [0.25, 0.3) is 0 Å². The van der Waals surface area contributed by atoms with E-state index >= 15 is 0 Å². The Morgan fingerprint density at radius 1 is 0.970 bits per heavy atom. The largest absolute Gasteiger partial charge is 0.325 e. The second-order valence-electron chi connectivity index (χ2n) is 7.63. The zero-order valence-electron chi connectivity index (χ0n) is 17.8. The Morgan fingerprint density at radius 3 is 2.27 bits per heavy atom. The Balaban J connectivity index is 1.55. The van der Waals surface area contributed by atoms with Gasteiger partial charge in [-0.3, -0.25) is 14.5 Å². The molecule has 0 aliphatic carbocycles. The summed E-state index contributed by atoms with van der Waals surface area (Å²) in [6.07, 6.45) is 1.61. The van der Waals surface area contributed by atoms with Gasteiger partial charge in [0.15, 0.2) is 17.5 Å². The Labute approximate surface area is 189 Å². The Kier molecular flexibility index (Phi) is 7.72. The molecule has 0 atom stereocenters. The first-order chi connectivity index (χ1) is 15.6. The van der Waals surface area contributed by atoms with Crippen molar-refractivity contribution in [2.45, 2.75) is 17.7 Å². The van der Waals surface area contributed by atoms with Gasteiger partial charge < -0.3 is 10.6 Å². The van der Waals surface area contributed by atoms with E-state index in [0.29, 0.717) is 19.2 Å². The molecule has 0 spiro atoms. The highest BCUT2D eigenvalue weighted by Crippen LogP contribution is 2.23. The first kappa shape index (κ1) is 24.7. The minimum Gasteiger partial charge on any atom is -0.325 e. The third-order valence-electron chi connectivity index (χ3n) is 4.96. The molecule has 1 aliphatic heterocycles. The molecular weight excluding hydrogens is 461 g/mol. The summed E-state index contributed by atoms with van der Waals surface area (Å²) in [5.41, 5.74) is -0.241. The van der Waals surface area contributed by atoms with Crippen molar-refractivity contribution in [2.24, 2.45) is 0 Å². The number of halogens is 3. The first-order valence-electron chi connectivity index (χ1n) is 10.1. The predicted octanol–water partition coefficient (Wildman–Crippen LogP) is 2.40. The lowest BCUT2D eigenvalue weighted by Gasteiger charge is -2.17. The van der Waals surface area contributed by atoms with Crippen molar-refractivity contribution in [2.75, 3.05) is 43.9 Å². The molecular formula is C21H23F3N4O4S. The number of nitrogens with zero attached hydrogens (tertiary/aromatic N) is 2. The lowest BCUT2D eigenvalue weighted by molar-refractivity contribution is -0.119. The van der Waals surface area contributed by atoms with Crippen LogP contribution in [0.1, 0.15) is 12.8 Å².